The Labute approximate surface area is 309 Å². The van der Waals surface area contributed by atoms with Crippen LogP contribution in [0.15, 0.2) is 170 Å². The number of rotatable bonds is 10. The van der Waals surface area contributed by atoms with Gasteiger partial charge in [0.1, 0.15) is 0 Å². The highest BCUT2D eigenvalue weighted by Crippen LogP contribution is 2.37. The van der Waals surface area contributed by atoms with Gasteiger partial charge < -0.3 is 9.80 Å². The predicted octanol–water partition coefficient (Wildman–Crippen LogP) is 14.2. The molecule has 0 spiro atoms. The molecule has 0 unspecified atom stereocenters. The maximum absolute atomic E-state index is 2.32. The first-order valence-electron chi connectivity index (χ1n) is 17.9. The topological polar surface area (TPSA) is 6.48 Å². The Bertz CT molecular complexity index is 2090. The van der Waals surface area contributed by atoms with Crippen LogP contribution in [0.2, 0.25) is 0 Å². The fourth-order valence-corrected chi connectivity index (χ4v) is 6.62. The number of anilines is 6. The molecule has 0 atom stereocenters. The van der Waals surface area contributed by atoms with Crippen LogP contribution in [0.3, 0.4) is 0 Å². The summed E-state index contributed by atoms with van der Waals surface area (Å²) < 4.78 is 0. The smallest absolute Gasteiger partial charge is 0.0464 e. The maximum atomic E-state index is 2.32. The first kappa shape index (κ1) is 34.1. The fraction of sp³-hybridized carbons (Fsp3) is 0.0800. The van der Waals surface area contributed by atoms with Crippen molar-refractivity contribution in [2.45, 2.75) is 27.7 Å². The SMILES string of the molecule is Cc1cccc(N(c2ccc(C=Cc3ccccc3C=Cc3ccc(N(c4cccc(C)c4)c4cccc(C)c4)cc3)cc2)c2cccc(C)c2)c1. The quantitative estimate of drug-likeness (QED) is 0.133. The highest BCUT2D eigenvalue weighted by Gasteiger charge is 2.14. The van der Waals surface area contributed by atoms with Gasteiger partial charge in [-0.3, -0.25) is 0 Å². The van der Waals surface area contributed by atoms with Crippen LogP contribution in [0.4, 0.5) is 34.1 Å². The number of nitrogens with zero attached hydrogens (tertiary/aromatic N) is 2. The van der Waals surface area contributed by atoms with Crippen LogP contribution >= 0.6 is 0 Å². The molecule has 2 nitrogen and oxygen atoms in total. The molecule has 0 N–H and O–H groups in total. The predicted molar refractivity (Wildman–Crippen MR) is 225 cm³/mol. The van der Waals surface area contributed by atoms with E-state index in [1.807, 2.05) is 0 Å². The lowest BCUT2D eigenvalue weighted by Gasteiger charge is -2.26. The second-order valence-electron chi connectivity index (χ2n) is 13.5. The number of benzene rings is 7. The number of hydrogen-bond donors (Lipinski definition) is 0. The molecule has 0 fully saturated rings. The van der Waals surface area contributed by atoms with Crippen molar-refractivity contribution in [3.63, 3.8) is 0 Å². The second-order valence-corrected chi connectivity index (χ2v) is 13.5. The van der Waals surface area contributed by atoms with Gasteiger partial charge in [-0.1, -0.05) is 121 Å². The van der Waals surface area contributed by atoms with Gasteiger partial charge in [0.05, 0.1) is 0 Å². The standard InChI is InChI=1S/C50H44N2/c1-37-11-7-17-47(33-37)51(48-18-8-12-38(2)34-48)45-29-23-41(24-30-45)21-27-43-15-5-6-16-44(43)28-22-42-25-31-46(32-26-42)52(49-19-9-13-39(3)35-49)50-20-10-14-40(4)36-50/h5-36H,1-4H3. The van der Waals surface area contributed by atoms with E-state index in [0.29, 0.717) is 0 Å². The molecule has 0 radical (unpaired) electrons. The highest BCUT2D eigenvalue weighted by molar-refractivity contribution is 5.82. The van der Waals surface area contributed by atoms with Crippen LogP contribution in [0.5, 0.6) is 0 Å². The van der Waals surface area contributed by atoms with Crippen LogP contribution in [0.1, 0.15) is 44.5 Å². The Balaban J connectivity index is 1.10. The van der Waals surface area contributed by atoms with Crippen LogP contribution in [0.25, 0.3) is 24.3 Å². The van der Waals surface area contributed by atoms with Gasteiger partial charge in [0.15, 0.2) is 0 Å². The maximum Gasteiger partial charge on any atom is 0.0464 e. The van der Waals surface area contributed by atoms with E-state index in [2.05, 4.69) is 232 Å². The third-order valence-electron chi connectivity index (χ3n) is 9.25. The Kier molecular flexibility index (Phi) is 10.3. The average Bonchev–Trinajstić information content (AvgIpc) is 3.15. The fourth-order valence-electron chi connectivity index (χ4n) is 6.62. The van der Waals surface area contributed by atoms with Crippen molar-refractivity contribution in [3.05, 3.63) is 214 Å². The van der Waals surface area contributed by atoms with E-state index >= 15 is 0 Å². The first-order chi connectivity index (χ1) is 25.4. The summed E-state index contributed by atoms with van der Waals surface area (Å²) >= 11 is 0. The molecule has 254 valence electrons. The third kappa shape index (κ3) is 8.15. The van der Waals surface area contributed by atoms with Crippen LogP contribution < -0.4 is 9.80 Å². The van der Waals surface area contributed by atoms with Gasteiger partial charge in [-0.2, -0.15) is 0 Å². The molecule has 0 heterocycles. The molecule has 0 bridgehead atoms. The summed E-state index contributed by atoms with van der Waals surface area (Å²) in [5.41, 5.74) is 16.5. The number of hydrogen-bond acceptors (Lipinski definition) is 2. The molecule has 0 saturated heterocycles. The van der Waals surface area contributed by atoms with Crippen molar-refractivity contribution in [2.75, 3.05) is 9.80 Å². The summed E-state index contributed by atoms with van der Waals surface area (Å²) in [4.78, 5) is 4.64. The minimum atomic E-state index is 1.13. The van der Waals surface area contributed by atoms with Gasteiger partial charge in [-0.05, 0) is 145 Å². The van der Waals surface area contributed by atoms with Crippen molar-refractivity contribution in [1.82, 2.24) is 0 Å². The third-order valence-corrected chi connectivity index (χ3v) is 9.25. The zero-order valence-corrected chi connectivity index (χ0v) is 30.4. The minimum absolute atomic E-state index is 1.13. The molecule has 7 rings (SSSR count). The van der Waals surface area contributed by atoms with Gasteiger partial charge in [0.2, 0.25) is 0 Å². The molecular formula is C50H44N2. The van der Waals surface area contributed by atoms with Crippen molar-refractivity contribution in [1.29, 1.82) is 0 Å². The summed E-state index contributed by atoms with van der Waals surface area (Å²) in [6.07, 6.45) is 8.80. The summed E-state index contributed by atoms with van der Waals surface area (Å²) in [6, 6.07) is 60.9. The van der Waals surface area contributed by atoms with E-state index in [0.717, 1.165) is 45.3 Å². The van der Waals surface area contributed by atoms with E-state index in [1.54, 1.807) is 0 Å². The van der Waals surface area contributed by atoms with Crippen molar-refractivity contribution < 1.29 is 0 Å². The molecule has 7 aromatic rings. The Morgan fingerprint density at radius 2 is 0.596 bits per heavy atom. The molecule has 0 aliphatic carbocycles. The van der Waals surface area contributed by atoms with Gasteiger partial charge in [0.25, 0.3) is 0 Å². The Morgan fingerprint density at radius 1 is 0.288 bits per heavy atom. The van der Waals surface area contributed by atoms with Gasteiger partial charge >= 0.3 is 0 Å². The van der Waals surface area contributed by atoms with E-state index in [-0.39, 0.29) is 0 Å². The molecule has 0 saturated carbocycles. The highest BCUT2D eigenvalue weighted by atomic mass is 15.1. The van der Waals surface area contributed by atoms with Gasteiger partial charge in [-0.15, -0.1) is 0 Å². The van der Waals surface area contributed by atoms with Crippen molar-refractivity contribution in [2.24, 2.45) is 0 Å². The van der Waals surface area contributed by atoms with Crippen LogP contribution in [-0.4, -0.2) is 0 Å². The molecule has 2 heteroatoms. The Hall–Kier alpha value is -6.38. The minimum Gasteiger partial charge on any atom is -0.310 e. The molecular weight excluding hydrogens is 629 g/mol. The second kappa shape index (κ2) is 15.7. The van der Waals surface area contributed by atoms with E-state index in [4.69, 9.17) is 0 Å². The van der Waals surface area contributed by atoms with Crippen LogP contribution in [0, 0.1) is 27.7 Å². The summed E-state index contributed by atoms with van der Waals surface area (Å²) in [5, 5.41) is 0. The average molecular weight is 673 g/mol. The largest absolute Gasteiger partial charge is 0.310 e. The lowest BCUT2D eigenvalue weighted by atomic mass is 10.0. The zero-order chi connectivity index (χ0) is 35.9. The lowest BCUT2D eigenvalue weighted by molar-refractivity contribution is 1.26. The zero-order valence-electron chi connectivity index (χ0n) is 30.4. The van der Waals surface area contributed by atoms with E-state index < -0.39 is 0 Å². The molecule has 0 amide bonds. The molecule has 0 aliphatic heterocycles. The first-order valence-corrected chi connectivity index (χ1v) is 17.9. The Morgan fingerprint density at radius 3 is 0.885 bits per heavy atom. The summed E-state index contributed by atoms with van der Waals surface area (Å²) in [6.45, 7) is 8.57. The van der Waals surface area contributed by atoms with Crippen molar-refractivity contribution in [3.8, 4) is 0 Å². The molecule has 0 aromatic heterocycles. The van der Waals surface area contributed by atoms with Gasteiger partial charge in [0, 0.05) is 34.1 Å². The van der Waals surface area contributed by atoms with Gasteiger partial charge in [-0.25, -0.2) is 0 Å². The summed E-state index contributed by atoms with van der Waals surface area (Å²) in [5.74, 6) is 0. The van der Waals surface area contributed by atoms with E-state index in [9.17, 15) is 0 Å². The molecule has 0 aliphatic rings. The number of aryl methyl sites for hydroxylation is 4. The monoisotopic (exact) mass is 672 g/mol. The summed E-state index contributed by atoms with van der Waals surface area (Å²) in [7, 11) is 0. The lowest BCUT2D eigenvalue weighted by Crippen LogP contribution is -2.10. The normalized spacial score (nSPS) is 11.3. The van der Waals surface area contributed by atoms with Crippen molar-refractivity contribution >= 4 is 58.4 Å². The van der Waals surface area contributed by atoms with E-state index in [1.165, 1.54) is 33.4 Å². The molecule has 52 heavy (non-hydrogen) atoms. The van der Waals surface area contributed by atoms with Crippen LogP contribution in [-0.2, 0) is 0 Å². The molecule has 7 aromatic carbocycles.